The molecule has 2 aromatic rings. The lowest BCUT2D eigenvalue weighted by atomic mass is 10.2. The van der Waals surface area contributed by atoms with E-state index in [0.29, 0.717) is 6.04 Å². The molecule has 2 aromatic heterocycles. The molecule has 0 bridgehead atoms. The first kappa shape index (κ1) is 16.8. The number of pyridine rings is 1. The van der Waals surface area contributed by atoms with Crippen molar-refractivity contribution < 1.29 is 0 Å². The molecular weight excluding hydrogens is 300 g/mol. The number of piperazine rings is 1. The van der Waals surface area contributed by atoms with Gasteiger partial charge in [-0.2, -0.15) is 0 Å². The van der Waals surface area contributed by atoms with E-state index < -0.39 is 0 Å². The number of anilines is 1. The molecule has 24 heavy (non-hydrogen) atoms. The van der Waals surface area contributed by atoms with Gasteiger partial charge in [0.05, 0.1) is 0 Å². The number of nitrogens with one attached hydrogen (secondary N) is 1. The molecule has 1 N–H and O–H groups in total. The molecule has 3 rings (SSSR count). The zero-order valence-electron chi connectivity index (χ0n) is 14.7. The Labute approximate surface area is 143 Å². The van der Waals surface area contributed by atoms with Gasteiger partial charge in [0.1, 0.15) is 5.82 Å². The van der Waals surface area contributed by atoms with Crippen LogP contribution in [-0.2, 0) is 0 Å². The summed E-state index contributed by atoms with van der Waals surface area (Å²) in [4.78, 5) is 18.2. The summed E-state index contributed by atoms with van der Waals surface area (Å²) >= 11 is 0. The Morgan fingerprint density at radius 2 is 2.00 bits per heavy atom. The van der Waals surface area contributed by atoms with Gasteiger partial charge in [-0.15, -0.1) is 0 Å². The third kappa shape index (κ3) is 4.49. The molecule has 0 spiro atoms. The minimum absolute atomic E-state index is 0.337. The number of rotatable bonds is 5. The molecule has 0 aromatic carbocycles. The van der Waals surface area contributed by atoms with E-state index in [2.05, 4.69) is 44.0 Å². The number of aryl methyl sites for hydroxylation is 1. The maximum Gasteiger partial charge on any atom is 0.163 e. The van der Waals surface area contributed by atoms with Gasteiger partial charge in [-0.05, 0) is 33.0 Å². The van der Waals surface area contributed by atoms with Crippen LogP contribution in [-0.4, -0.2) is 70.6 Å². The number of hydrogen-bond donors (Lipinski definition) is 1. The summed E-state index contributed by atoms with van der Waals surface area (Å²) in [7, 11) is 2.18. The molecule has 0 radical (unpaired) electrons. The van der Waals surface area contributed by atoms with Gasteiger partial charge in [0.25, 0.3) is 0 Å². The van der Waals surface area contributed by atoms with Crippen molar-refractivity contribution in [3.05, 3.63) is 36.3 Å². The van der Waals surface area contributed by atoms with Gasteiger partial charge < -0.3 is 10.2 Å². The summed E-state index contributed by atoms with van der Waals surface area (Å²) in [6.07, 6.45) is 3.56. The van der Waals surface area contributed by atoms with Crippen molar-refractivity contribution in [1.29, 1.82) is 0 Å². The smallest absolute Gasteiger partial charge is 0.163 e. The van der Waals surface area contributed by atoms with E-state index in [1.807, 2.05) is 25.1 Å². The van der Waals surface area contributed by atoms with E-state index >= 15 is 0 Å². The number of likely N-dealkylation sites (N-methyl/N-ethyl adjacent to an activating group) is 1. The fourth-order valence-electron chi connectivity index (χ4n) is 2.98. The van der Waals surface area contributed by atoms with Crippen molar-refractivity contribution >= 4 is 5.82 Å². The molecular formula is C18H26N6. The minimum atomic E-state index is 0.337. The molecule has 6 heteroatoms. The average Bonchev–Trinajstić information content (AvgIpc) is 2.57. The molecule has 1 aliphatic heterocycles. The highest BCUT2D eigenvalue weighted by Crippen LogP contribution is 2.17. The van der Waals surface area contributed by atoms with E-state index in [1.165, 1.54) is 0 Å². The Balaban J connectivity index is 1.65. The highest BCUT2D eigenvalue weighted by molar-refractivity contribution is 5.56. The normalized spacial score (nSPS) is 17.6. The van der Waals surface area contributed by atoms with Crippen LogP contribution in [0.5, 0.6) is 0 Å². The number of nitrogens with zero attached hydrogens (tertiary/aromatic N) is 5. The first-order valence-electron chi connectivity index (χ1n) is 8.53. The lowest BCUT2D eigenvalue weighted by Gasteiger charge is -2.34. The van der Waals surface area contributed by atoms with Gasteiger partial charge in [-0.3, -0.25) is 9.88 Å². The van der Waals surface area contributed by atoms with Crippen molar-refractivity contribution in [2.24, 2.45) is 0 Å². The molecule has 1 saturated heterocycles. The highest BCUT2D eigenvalue weighted by atomic mass is 15.3. The van der Waals surface area contributed by atoms with Gasteiger partial charge in [0, 0.05) is 68.5 Å². The summed E-state index contributed by atoms with van der Waals surface area (Å²) in [5.74, 6) is 1.60. The van der Waals surface area contributed by atoms with E-state index in [1.54, 1.807) is 12.4 Å². The predicted molar refractivity (Wildman–Crippen MR) is 97.0 cm³/mol. The largest absolute Gasteiger partial charge is 0.366 e. The van der Waals surface area contributed by atoms with Crippen LogP contribution in [0.2, 0.25) is 0 Å². The Hall–Kier alpha value is -2.05. The van der Waals surface area contributed by atoms with Crippen molar-refractivity contribution in [3.8, 4) is 11.4 Å². The molecule has 3 heterocycles. The van der Waals surface area contributed by atoms with Crippen LogP contribution in [0.4, 0.5) is 5.82 Å². The quantitative estimate of drug-likeness (QED) is 0.905. The fourth-order valence-corrected chi connectivity index (χ4v) is 2.98. The van der Waals surface area contributed by atoms with Crippen molar-refractivity contribution in [3.63, 3.8) is 0 Å². The molecule has 1 fully saturated rings. The first-order chi connectivity index (χ1) is 11.6. The molecule has 0 saturated carbocycles. The Morgan fingerprint density at radius 3 is 2.71 bits per heavy atom. The van der Waals surface area contributed by atoms with Gasteiger partial charge in [-0.25, -0.2) is 9.97 Å². The average molecular weight is 326 g/mol. The van der Waals surface area contributed by atoms with E-state index in [0.717, 1.165) is 55.6 Å². The second kappa shape index (κ2) is 7.68. The van der Waals surface area contributed by atoms with Gasteiger partial charge >= 0.3 is 0 Å². The van der Waals surface area contributed by atoms with Gasteiger partial charge in [-0.1, -0.05) is 0 Å². The van der Waals surface area contributed by atoms with E-state index in [-0.39, 0.29) is 0 Å². The molecule has 0 amide bonds. The third-order valence-corrected chi connectivity index (χ3v) is 4.30. The standard InChI is InChI=1S/C18H26N6/c1-14-11-17(22-18(21-14)16-5-4-6-19-12-16)20-15(2)13-24-9-7-23(3)8-10-24/h4-6,11-12,15H,7-10,13H2,1-3H3,(H,20,21,22). The van der Waals surface area contributed by atoms with Crippen LogP contribution in [0.1, 0.15) is 12.6 Å². The Morgan fingerprint density at radius 1 is 1.21 bits per heavy atom. The second-order valence-electron chi connectivity index (χ2n) is 6.61. The fraction of sp³-hybridized carbons (Fsp3) is 0.500. The molecule has 1 aliphatic rings. The zero-order valence-corrected chi connectivity index (χ0v) is 14.7. The monoisotopic (exact) mass is 326 g/mol. The van der Waals surface area contributed by atoms with Crippen molar-refractivity contribution in [2.75, 3.05) is 45.1 Å². The third-order valence-electron chi connectivity index (χ3n) is 4.30. The van der Waals surface area contributed by atoms with E-state index in [9.17, 15) is 0 Å². The van der Waals surface area contributed by atoms with Crippen LogP contribution in [0, 0.1) is 6.92 Å². The van der Waals surface area contributed by atoms with Crippen LogP contribution < -0.4 is 5.32 Å². The SMILES string of the molecule is Cc1cc(NC(C)CN2CCN(C)CC2)nc(-c2cccnc2)n1. The summed E-state index contributed by atoms with van der Waals surface area (Å²) in [5, 5.41) is 3.52. The zero-order chi connectivity index (χ0) is 16.9. The molecule has 1 unspecified atom stereocenters. The summed E-state index contributed by atoms with van der Waals surface area (Å²) in [5.41, 5.74) is 1.90. The first-order valence-corrected chi connectivity index (χ1v) is 8.53. The van der Waals surface area contributed by atoms with E-state index in [4.69, 9.17) is 0 Å². The van der Waals surface area contributed by atoms with Gasteiger partial charge in [0.2, 0.25) is 0 Å². The van der Waals surface area contributed by atoms with Crippen LogP contribution in [0.3, 0.4) is 0 Å². The molecule has 128 valence electrons. The Kier molecular flexibility index (Phi) is 5.37. The van der Waals surface area contributed by atoms with Crippen LogP contribution in [0.15, 0.2) is 30.6 Å². The minimum Gasteiger partial charge on any atom is -0.366 e. The summed E-state index contributed by atoms with van der Waals surface area (Å²) < 4.78 is 0. The maximum absolute atomic E-state index is 4.66. The molecule has 0 aliphatic carbocycles. The highest BCUT2D eigenvalue weighted by Gasteiger charge is 2.16. The summed E-state index contributed by atoms with van der Waals surface area (Å²) in [6, 6.07) is 6.23. The van der Waals surface area contributed by atoms with Crippen LogP contribution >= 0.6 is 0 Å². The predicted octanol–water partition coefficient (Wildman–Crippen LogP) is 1.89. The number of hydrogen-bond acceptors (Lipinski definition) is 6. The maximum atomic E-state index is 4.66. The van der Waals surface area contributed by atoms with Crippen molar-refractivity contribution in [1.82, 2.24) is 24.8 Å². The number of aromatic nitrogens is 3. The topological polar surface area (TPSA) is 57.2 Å². The molecule has 6 nitrogen and oxygen atoms in total. The van der Waals surface area contributed by atoms with Crippen molar-refractivity contribution in [2.45, 2.75) is 19.9 Å². The molecule has 1 atom stereocenters. The van der Waals surface area contributed by atoms with Crippen LogP contribution in [0.25, 0.3) is 11.4 Å². The lowest BCUT2D eigenvalue weighted by Crippen LogP contribution is -2.47. The summed E-state index contributed by atoms with van der Waals surface area (Å²) in [6.45, 7) is 9.78. The lowest BCUT2D eigenvalue weighted by molar-refractivity contribution is 0.151. The van der Waals surface area contributed by atoms with Gasteiger partial charge in [0.15, 0.2) is 5.82 Å². The Bertz CT molecular complexity index is 652. The second-order valence-corrected chi connectivity index (χ2v) is 6.61.